The number of benzene rings is 1. The van der Waals surface area contributed by atoms with E-state index in [1.165, 1.54) is 12.1 Å². The molecule has 0 fully saturated rings. The second-order valence-corrected chi connectivity index (χ2v) is 8.46. The van der Waals surface area contributed by atoms with Gasteiger partial charge in [-0.2, -0.15) is 0 Å². The zero-order chi connectivity index (χ0) is 19.1. The van der Waals surface area contributed by atoms with Crippen molar-refractivity contribution in [2.24, 2.45) is 0 Å². The highest BCUT2D eigenvalue weighted by molar-refractivity contribution is 5.91. The number of ether oxygens (including phenoxy) is 1. The van der Waals surface area contributed by atoms with Crippen LogP contribution in [-0.4, -0.2) is 23.2 Å². The van der Waals surface area contributed by atoms with Gasteiger partial charge in [-0.05, 0) is 56.5 Å². The van der Waals surface area contributed by atoms with E-state index < -0.39 is 5.60 Å². The first kappa shape index (κ1) is 18.4. The van der Waals surface area contributed by atoms with Crippen molar-refractivity contribution in [3.63, 3.8) is 0 Å². The van der Waals surface area contributed by atoms with Crippen LogP contribution in [0.2, 0.25) is 0 Å². The molecular formula is C21H25FN2O2. The largest absolute Gasteiger partial charge is 0.443 e. The minimum atomic E-state index is -0.552. The number of anilines is 1. The zero-order valence-electron chi connectivity index (χ0n) is 16.0. The van der Waals surface area contributed by atoms with Crippen LogP contribution < -0.4 is 4.90 Å². The van der Waals surface area contributed by atoms with Gasteiger partial charge in [-0.15, -0.1) is 0 Å². The lowest BCUT2D eigenvalue weighted by atomic mass is 9.91. The van der Waals surface area contributed by atoms with E-state index in [-0.39, 0.29) is 17.3 Å². The summed E-state index contributed by atoms with van der Waals surface area (Å²) >= 11 is 0. The van der Waals surface area contributed by atoms with Crippen molar-refractivity contribution in [3.8, 4) is 0 Å². The Bertz CT molecular complexity index is 823. The van der Waals surface area contributed by atoms with Gasteiger partial charge in [-0.3, -0.25) is 9.88 Å². The lowest BCUT2D eigenvalue weighted by Gasteiger charge is -2.25. The third kappa shape index (κ3) is 3.87. The van der Waals surface area contributed by atoms with E-state index in [2.05, 4.69) is 18.8 Å². The van der Waals surface area contributed by atoms with Crippen LogP contribution in [0.1, 0.15) is 51.4 Å². The van der Waals surface area contributed by atoms with Gasteiger partial charge in [0.1, 0.15) is 11.4 Å². The van der Waals surface area contributed by atoms with Gasteiger partial charge < -0.3 is 4.74 Å². The van der Waals surface area contributed by atoms with E-state index in [1.54, 1.807) is 17.0 Å². The third-order valence-electron chi connectivity index (χ3n) is 4.34. The normalized spacial score (nSPS) is 15.7. The summed E-state index contributed by atoms with van der Waals surface area (Å²) in [6, 6.07) is 8.42. The highest BCUT2D eigenvalue weighted by Crippen LogP contribution is 2.40. The number of hydrogen-bond acceptors (Lipinski definition) is 3. The molecule has 2 heterocycles. The van der Waals surface area contributed by atoms with Crippen LogP contribution in [0.5, 0.6) is 0 Å². The van der Waals surface area contributed by atoms with Crippen molar-refractivity contribution in [3.05, 3.63) is 59.2 Å². The average Bonchev–Trinajstić information content (AvgIpc) is 2.79. The van der Waals surface area contributed by atoms with E-state index in [9.17, 15) is 9.18 Å². The minimum absolute atomic E-state index is 0.235. The summed E-state index contributed by atoms with van der Waals surface area (Å²) in [7, 11) is 0. The van der Waals surface area contributed by atoms with Crippen molar-refractivity contribution in [2.75, 3.05) is 11.4 Å². The number of carbonyl (C=O) groups is 1. The monoisotopic (exact) mass is 356 g/mol. The van der Waals surface area contributed by atoms with Gasteiger partial charge in [0.15, 0.2) is 0 Å². The van der Waals surface area contributed by atoms with E-state index in [0.29, 0.717) is 13.0 Å². The Balaban J connectivity index is 1.91. The first-order valence-corrected chi connectivity index (χ1v) is 8.79. The van der Waals surface area contributed by atoms with Gasteiger partial charge in [0.2, 0.25) is 0 Å². The molecule has 0 N–H and O–H groups in total. The van der Waals surface area contributed by atoms with Crippen LogP contribution in [-0.2, 0) is 16.6 Å². The SMILES string of the molecule is CC(C)(C)OC(=O)N1CC(C)(C)c2ncc(Cc3ccc(F)cc3)cc21. The molecule has 0 spiro atoms. The number of hydrogen-bond donors (Lipinski definition) is 0. The molecule has 3 rings (SSSR count). The van der Waals surface area contributed by atoms with Crippen molar-refractivity contribution >= 4 is 11.8 Å². The molecule has 1 aliphatic rings. The number of carbonyl (C=O) groups excluding carboxylic acids is 1. The average molecular weight is 356 g/mol. The summed E-state index contributed by atoms with van der Waals surface area (Å²) in [4.78, 5) is 19.0. The molecule has 4 nitrogen and oxygen atoms in total. The van der Waals surface area contributed by atoms with Crippen molar-refractivity contribution in [1.29, 1.82) is 0 Å². The molecule has 26 heavy (non-hydrogen) atoms. The van der Waals surface area contributed by atoms with Crippen LogP contribution in [0, 0.1) is 5.82 Å². The van der Waals surface area contributed by atoms with Crippen molar-refractivity contribution in [1.82, 2.24) is 4.98 Å². The highest BCUT2D eigenvalue weighted by Gasteiger charge is 2.41. The summed E-state index contributed by atoms with van der Waals surface area (Å²) in [5.41, 5.74) is 2.87. The Kier molecular flexibility index (Phi) is 4.51. The van der Waals surface area contributed by atoms with Crippen LogP contribution in [0.3, 0.4) is 0 Å². The fourth-order valence-corrected chi connectivity index (χ4v) is 3.19. The molecule has 5 heteroatoms. The van der Waals surface area contributed by atoms with Crippen LogP contribution in [0.4, 0.5) is 14.9 Å². The smallest absolute Gasteiger partial charge is 0.414 e. The maximum absolute atomic E-state index is 13.1. The summed E-state index contributed by atoms with van der Waals surface area (Å²) < 4.78 is 18.7. The number of amides is 1. The molecule has 0 bridgehead atoms. The molecule has 0 radical (unpaired) electrons. The van der Waals surface area contributed by atoms with Gasteiger partial charge in [0.05, 0.1) is 11.4 Å². The van der Waals surface area contributed by atoms with Gasteiger partial charge in [0, 0.05) is 18.2 Å². The Morgan fingerprint density at radius 2 is 1.88 bits per heavy atom. The summed E-state index contributed by atoms with van der Waals surface area (Å²) in [6.07, 6.45) is 2.11. The van der Waals surface area contributed by atoms with E-state index in [4.69, 9.17) is 4.74 Å². The lowest BCUT2D eigenvalue weighted by molar-refractivity contribution is 0.0579. The fourth-order valence-electron chi connectivity index (χ4n) is 3.19. The number of pyridine rings is 1. The number of rotatable bonds is 2. The zero-order valence-corrected chi connectivity index (χ0v) is 16.0. The second-order valence-electron chi connectivity index (χ2n) is 8.46. The molecule has 1 aromatic heterocycles. The number of aromatic nitrogens is 1. The molecule has 0 atom stereocenters. The summed E-state index contributed by atoms with van der Waals surface area (Å²) in [5.74, 6) is -0.251. The van der Waals surface area contributed by atoms with Crippen LogP contribution >= 0.6 is 0 Å². The molecule has 0 saturated heterocycles. The highest BCUT2D eigenvalue weighted by atomic mass is 19.1. The Hall–Kier alpha value is -2.43. The molecular weight excluding hydrogens is 331 g/mol. The Morgan fingerprint density at radius 3 is 2.50 bits per heavy atom. The molecule has 2 aromatic rings. The van der Waals surface area contributed by atoms with Gasteiger partial charge >= 0.3 is 6.09 Å². The lowest BCUT2D eigenvalue weighted by Crippen LogP contribution is -2.38. The molecule has 1 aromatic carbocycles. The molecule has 0 unspecified atom stereocenters. The minimum Gasteiger partial charge on any atom is -0.443 e. The van der Waals surface area contributed by atoms with E-state index >= 15 is 0 Å². The molecule has 0 aliphatic carbocycles. The molecule has 138 valence electrons. The number of nitrogens with zero attached hydrogens (tertiary/aromatic N) is 2. The predicted molar refractivity (Wildman–Crippen MR) is 100 cm³/mol. The number of fused-ring (bicyclic) bond motifs is 1. The van der Waals surface area contributed by atoms with Gasteiger partial charge in [-0.25, -0.2) is 9.18 Å². The topological polar surface area (TPSA) is 42.4 Å². The molecule has 0 saturated carbocycles. The number of halogens is 1. The fraction of sp³-hybridized carbons (Fsp3) is 0.429. The molecule has 1 aliphatic heterocycles. The Morgan fingerprint density at radius 1 is 1.23 bits per heavy atom. The predicted octanol–water partition coefficient (Wildman–Crippen LogP) is 4.84. The van der Waals surface area contributed by atoms with Crippen molar-refractivity contribution in [2.45, 2.75) is 52.1 Å². The van der Waals surface area contributed by atoms with Gasteiger partial charge in [0.25, 0.3) is 0 Å². The maximum atomic E-state index is 13.1. The van der Waals surface area contributed by atoms with Crippen LogP contribution in [0.25, 0.3) is 0 Å². The quantitative estimate of drug-likeness (QED) is 0.773. The summed E-state index contributed by atoms with van der Waals surface area (Å²) in [6.45, 7) is 10.2. The first-order chi connectivity index (χ1) is 12.0. The first-order valence-electron chi connectivity index (χ1n) is 8.79. The Labute approximate surface area is 154 Å². The second kappa shape index (κ2) is 6.38. The van der Waals surface area contributed by atoms with Gasteiger partial charge in [-0.1, -0.05) is 26.0 Å². The molecule has 1 amide bonds. The third-order valence-corrected chi connectivity index (χ3v) is 4.34. The van der Waals surface area contributed by atoms with Crippen LogP contribution in [0.15, 0.2) is 36.5 Å². The maximum Gasteiger partial charge on any atom is 0.414 e. The van der Waals surface area contributed by atoms with Crippen molar-refractivity contribution < 1.29 is 13.9 Å². The van der Waals surface area contributed by atoms with E-state index in [0.717, 1.165) is 22.5 Å². The standard InChI is InChI=1S/C21H25FN2O2/c1-20(2,3)26-19(25)24-13-21(4,5)18-17(24)11-15(12-23-18)10-14-6-8-16(22)9-7-14/h6-9,11-12H,10,13H2,1-5H3. The summed E-state index contributed by atoms with van der Waals surface area (Å²) in [5, 5.41) is 0. The van der Waals surface area contributed by atoms with E-state index in [1.807, 2.05) is 33.0 Å².